The fraction of sp³-hybridized carbons (Fsp3) is 0.733. The van der Waals surface area contributed by atoms with Crippen LogP contribution in [0.15, 0.2) is 6.07 Å². The van der Waals surface area contributed by atoms with Crippen LogP contribution in [0.3, 0.4) is 0 Å². The van der Waals surface area contributed by atoms with Crippen molar-refractivity contribution in [2.24, 2.45) is 11.8 Å². The summed E-state index contributed by atoms with van der Waals surface area (Å²) < 4.78 is 0. The zero-order chi connectivity index (χ0) is 13.7. The average molecular weight is 262 g/mol. The van der Waals surface area contributed by atoms with Gasteiger partial charge in [0.05, 0.1) is 0 Å². The topological polar surface area (TPSA) is 49.8 Å². The number of nitrogens with one attached hydrogen (secondary N) is 2. The Bertz CT molecular complexity index is 405. The van der Waals surface area contributed by atoms with Crippen molar-refractivity contribution in [3.63, 3.8) is 0 Å². The molecule has 1 aliphatic rings. The van der Waals surface area contributed by atoms with E-state index in [-0.39, 0.29) is 0 Å². The van der Waals surface area contributed by atoms with Gasteiger partial charge in [0.1, 0.15) is 17.5 Å². The van der Waals surface area contributed by atoms with Crippen LogP contribution >= 0.6 is 0 Å². The molecule has 1 aromatic heterocycles. The summed E-state index contributed by atoms with van der Waals surface area (Å²) in [6, 6.07) is 1.97. The van der Waals surface area contributed by atoms with E-state index in [0.717, 1.165) is 35.8 Å². The van der Waals surface area contributed by atoms with E-state index in [4.69, 9.17) is 0 Å². The minimum absolute atomic E-state index is 0.806. The Morgan fingerprint density at radius 2 is 2.05 bits per heavy atom. The van der Waals surface area contributed by atoms with Crippen LogP contribution in [0, 0.1) is 18.8 Å². The molecule has 0 aliphatic heterocycles. The van der Waals surface area contributed by atoms with E-state index in [1.165, 1.54) is 32.1 Å². The molecule has 2 N–H and O–H groups in total. The third-order valence-electron chi connectivity index (χ3n) is 4.00. The van der Waals surface area contributed by atoms with Gasteiger partial charge in [-0.25, -0.2) is 9.97 Å². The molecule has 1 aliphatic carbocycles. The van der Waals surface area contributed by atoms with Gasteiger partial charge >= 0.3 is 0 Å². The number of nitrogens with zero attached hydrogens (tertiary/aromatic N) is 2. The summed E-state index contributed by atoms with van der Waals surface area (Å²) >= 11 is 0. The highest BCUT2D eigenvalue weighted by Crippen LogP contribution is 2.30. The predicted octanol–water partition coefficient (Wildman–Crippen LogP) is 3.46. The Morgan fingerprint density at radius 3 is 2.79 bits per heavy atom. The van der Waals surface area contributed by atoms with E-state index >= 15 is 0 Å². The molecule has 2 unspecified atom stereocenters. The van der Waals surface area contributed by atoms with Gasteiger partial charge < -0.3 is 10.6 Å². The number of hydrogen-bond acceptors (Lipinski definition) is 4. The molecule has 1 fully saturated rings. The summed E-state index contributed by atoms with van der Waals surface area (Å²) in [7, 11) is 1.88. The van der Waals surface area contributed by atoms with E-state index in [1.807, 2.05) is 20.0 Å². The fourth-order valence-corrected chi connectivity index (χ4v) is 3.01. The van der Waals surface area contributed by atoms with Crippen LogP contribution in [0.4, 0.5) is 11.6 Å². The van der Waals surface area contributed by atoms with E-state index in [9.17, 15) is 0 Å². The van der Waals surface area contributed by atoms with Gasteiger partial charge in [-0.05, 0) is 31.6 Å². The molecule has 4 nitrogen and oxygen atoms in total. The second-order valence-corrected chi connectivity index (χ2v) is 5.79. The Labute approximate surface area is 116 Å². The van der Waals surface area contributed by atoms with Gasteiger partial charge in [-0.2, -0.15) is 0 Å². The smallest absolute Gasteiger partial charge is 0.131 e. The minimum Gasteiger partial charge on any atom is -0.373 e. The van der Waals surface area contributed by atoms with Crippen LogP contribution in [0.5, 0.6) is 0 Å². The van der Waals surface area contributed by atoms with Crippen LogP contribution in [0.1, 0.15) is 44.9 Å². The van der Waals surface area contributed by atoms with Gasteiger partial charge in [-0.15, -0.1) is 0 Å². The monoisotopic (exact) mass is 262 g/mol. The number of anilines is 2. The lowest BCUT2D eigenvalue weighted by atomic mass is 9.81. The summed E-state index contributed by atoms with van der Waals surface area (Å²) in [5, 5.41) is 6.49. The first-order valence-electron chi connectivity index (χ1n) is 7.44. The first-order chi connectivity index (χ1) is 9.17. The predicted molar refractivity (Wildman–Crippen MR) is 80.5 cm³/mol. The molecule has 0 radical (unpaired) electrons. The van der Waals surface area contributed by atoms with Gasteiger partial charge in [0.25, 0.3) is 0 Å². The van der Waals surface area contributed by atoms with Gasteiger partial charge in [-0.3, -0.25) is 0 Å². The zero-order valence-corrected chi connectivity index (χ0v) is 12.4. The van der Waals surface area contributed by atoms with Crippen molar-refractivity contribution in [2.75, 3.05) is 24.2 Å². The molecule has 106 valence electrons. The molecular formula is C15H26N4. The fourth-order valence-electron chi connectivity index (χ4n) is 3.01. The molecule has 0 saturated heterocycles. The van der Waals surface area contributed by atoms with Crippen molar-refractivity contribution >= 4 is 11.6 Å². The van der Waals surface area contributed by atoms with Crippen molar-refractivity contribution in [1.82, 2.24) is 9.97 Å². The first kappa shape index (κ1) is 14.1. The molecule has 0 spiro atoms. The van der Waals surface area contributed by atoms with Crippen molar-refractivity contribution < 1.29 is 0 Å². The maximum absolute atomic E-state index is 4.42. The van der Waals surface area contributed by atoms with Gasteiger partial charge in [0, 0.05) is 19.7 Å². The van der Waals surface area contributed by atoms with E-state index in [1.54, 1.807) is 0 Å². The van der Waals surface area contributed by atoms with Gasteiger partial charge in [0.2, 0.25) is 0 Å². The Kier molecular flexibility index (Phi) is 5.00. The third kappa shape index (κ3) is 4.37. The van der Waals surface area contributed by atoms with Crippen molar-refractivity contribution in [1.29, 1.82) is 0 Å². The first-order valence-corrected chi connectivity index (χ1v) is 7.44. The summed E-state index contributed by atoms with van der Waals surface area (Å²) in [5.41, 5.74) is 0. The van der Waals surface area contributed by atoms with E-state index in [0.29, 0.717) is 0 Å². The average Bonchev–Trinajstić information content (AvgIpc) is 2.38. The standard InChI is InChI=1S/C15H26N4/c1-11-5-4-6-13(9-11)7-8-17-15-10-14(16-3)18-12(2)19-15/h10-11,13H,4-9H2,1-3H3,(H2,16,17,18,19). The molecule has 0 amide bonds. The molecular weight excluding hydrogens is 236 g/mol. The quantitative estimate of drug-likeness (QED) is 0.853. The van der Waals surface area contributed by atoms with Crippen LogP contribution in [-0.2, 0) is 0 Å². The summed E-state index contributed by atoms with van der Waals surface area (Å²) in [4.78, 5) is 8.72. The highest BCUT2D eigenvalue weighted by atomic mass is 15.1. The van der Waals surface area contributed by atoms with E-state index < -0.39 is 0 Å². The molecule has 2 rings (SSSR count). The number of aryl methyl sites for hydroxylation is 1. The Balaban J connectivity index is 1.80. The van der Waals surface area contributed by atoms with Crippen molar-refractivity contribution in [3.8, 4) is 0 Å². The molecule has 1 aromatic rings. The molecule has 0 aromatic carbocycles. The zero-order valence-electron chi connectivity index (χ0n) is 12.4. The van der Waals surface area contributed by atoms with Crippen LogP contribution in [-0.4, -0.2) is 23.6 Å². The lowest BCUT2D eigenvalue weighted by Gasteiger charge is -2.26. The van der Waals surface area contributed by atoms with Gasteiger partial charge in [0.15, 0.2) is 0 Å². The molecule has 4 heteroatoms. The normalized spacial score (nSPS) is 23.1. The molecule has 19 heavy (non-hydrogen) atoms. The number of rotatable bonds is 5. The molecule has 0 bridgehead atoms. The lowest BCUT2D eigenvalue weighted by molar-refractivity contribution is 0.274. The lowest BCUT2D eigenvalue weighted by Crippen LogP contribution is -2.17. The largest absolute Gasteiger partial charge is 0.373 e. The number of aromatic nitrogens is 2. The highest BCUT2D eigenvalue weighted by Gasteiger charge is 2.18. The van der Waals surface area contributed by atoms with Crippen molar-refractivity contribution in [2.45, 2.75) is 46.0 Å². The molecule has 2 atom stereocenters. The van der Waals surface area contributed by atoms with Crippen LogP contribution < -0.4 is 10.6 Å². The number of hydrogen-bond donors (Lipinski definition) is 2. The van der Waals surface area contributed by atoms with Crippen LogP contribution in [0.25, 0.3) is 0 Å². The SMILES string of the molecule is CNc1cc(NCCC2CCCC(C)C2)nc(C)n1. The minimum atomic E-state index is 0.806. The maximum Gasteiger partial charge on any atom is 0.131 e. The molecule has 1 heterocycles. The van der Waals surface area contributed by atoms with Crippen LogP contribution in [0.2, 0.25) is 0 Å². The summed E-state index contributed by atoms with van der Waals surface area (Å²) in [6.07, 6.45) is 6.87. The second kappa shape index (κ2) is 6.73. The van der Waals surface area contributed by atoms with E-state index in [2.05, 4.69) is 27.5 Å². The highest BCUT2D eigenvalue weighted by molar-refractivity contribution is 5.46. The van der Waals surface area contributed by atoms with Gasteiger partial charge in [-0.1, -0.05) is 26.2 Å². The summed E-state index contributed by atoms with van der Waals surface area (Å²) in [5.74, 6) is 4.42. The summed E-state index contributed by atoms with van der Waals surface area (Å²) in [6.45, 7) is 5.32. The third-order valence-corrected chi connectivity index (χ3v) is 4.00. The Hall–Kier alpha value is -1.32. The van der Waals surface area contributed by atoms with Crippen molar-refractivity contribution in [3.05, 3.63) is 11.9 Å². The second-order valence-electron chi connectivity index (χ2n) is 5.79. The Morgan fingerprint density at radius 1 is 1.26 bits per heavy atom. The molecule has 1 saturated carbocycles. The maximum atomic E-state index is 4.42.